The van der Waals surface area contributed by atoms with E-state index in [1.165, 1.54) is 18.2 Å². The van der Waals surface area contributed by atoms with Gasteiger partial charge in [-0.2, -0.15) is 18.3 Å². The summed E-state index contributed by atoms with van der Waals surface area (Å²) in [7, 11) is 0. The predicted octanol–water partition coefficient (Wildman–Crippen LogP) is 2.49. The van der Waals surface area contributed by atoms with Crippen LogP contribution >= 0.6 is 0 Å². The van der Waals surface area contributed by atoms with Crippen molar-refractivity contribution in [3.05, 3.63) is 75.3 Å². The molecule has 0 saturated carbocycles. The van der Waals surface area contributed by atoms with E-state index in [-0.39, 0.29) is 24.2 Å². The number of hydrogen-bond donors (Lipinski definition) is 1. The lowest BCUT2D eigenvalue weighted by Gasteiger charge is -2.10. The number of nitrogens with one attached hydrogen (secondary N) is 1. The Labute approximate surface area is 163 Å². The van der Waals surface area contributed by atoms with Gasteiger partial charge in [0.05, 0.1) is 17.8 Å². The number of aryl methyl sites for hydroxylation is 2. The molecule has 0 unspecified atom stereocenters. The average Bonchev–Trinajstić information content (AvgIpc) is 3.00. The fraction of sp³-hybridized carbons (Fsp3) is 0.263. The molecule has 2 aromatic heterocycles. The van der Waals surface area contributed by atoms with Gasteiger partial charge in [-0.1, -0.05) is 6.07 Å². The number of benzene rings is 1. The van der Waals surface area contributed by atoms with E-state index in [1.807, 2.05) is 19.9 Å². The number of rotatable bonds is 5. The smallest absolute Gasteiger partial charge is 0.350 e. The van der Waals surface area contributed by atoms with Crippen molar-refractivity contribution in [1.82, 2.24) is 24.9 Å². The summed E-state index contributed by atoms with van der Waals surface area (Å²) in [6.07, 6.45) is -4.53. The Morgan fingerprint density at radius 3 is 2.52 bits per heavy atom. The van der Waals surface area contributed by atoms with E-state index in [2.05, 4.69) is 15.5 Å². The third kappa shape index (κ3) is 4.71. The summed E-state index contributed by atoms with van der Waals surface area (Å²) in [4.78, 5) is 24.2. The lowest BCUT2D eigenvalue weighted by molar-refractivity contribution is -0.137. The molecule has 152 valence electrons. The summed E-state index contributed by atoms with van der Waals surface area (Å²) in [5.74, 6) is -0.224. The molecular weight excluding hydrogens is 387 g/mol. The molecule has 0 aliphatic rings. The van der Waals surface area contributed by atoms with Crippen LogP contribution in [0.5, 0.6) is 0 Å². The van der Waals surface area contributed by atoms with Crippen LogP contribution in [0.2, 0.25) is 0 Å². The van der Waals surface area contributed by atoms with Gasteiger partial charge in [-0.15, -0.1) is 5.10 Å². The van der Waals surface area contributed by atoms with E-state index in [4.69, 9.17) is 0 Å². The van der Waals surface area contributed by atoms with Gasteiger partial charge in [0.15, 0.2) is 5.82 Å². The van der Waals surface area contributed by atoms with Crippen LogP contribution in [-0.4, -0.2) is 32.0 Å². The molecule has 0 radical (unpaired) electrons. The van der Waals surface area contributed by atoms with Gasteiger partial charge in [-0.25, -0.2) is 9.36 Å². The third-order valence-electron chi connectivity index (χ3n) is 4.14. The van der Waals surface area contributed by atoms with Crippen molar-refractivity contribution in [2.45, 2.75) is 26.6 Å². The van der Waals surface area contributed by atoms with Crippen LogP contribution in [0, 0.1) is 13.8 Å². The number of alkyl halides is 3. The SMILES string of the molecule is Cc1cc(C)n(-c2ccc(=O)n(CCNC(=O)c3cccc(C(F)(F)F)c3)n2)n1. The topological polar surface area (TPSA) is 81.8 Å². The number of amides is 1. The van der Waals surface area contributed by atoms with E-state index >= 15 is 0 Å². The average molecular weight is 405 g/mol. The molecule has 1 N–H and O–H groups in total. The second-order valence-corrected chi connectivity index (χ2v) is 6.43. The zero-order valence-corrected chi connectivity index (χ0v) is 15.7. The predicted molar refractivity (Wildman–Crippen MR) is 98.9 cm³/mol. The Bertz CT molecular complexity index is 1100. The zero-order chi connectivity index (χ0) is 21.2. The zero-order valence-electron chi connectivity index (χ0n) is 15.7. The van der Waals surface area contributed by atoms with Crippen molar-refractivity contribution < 1.29 is 18.0 Å². The minimum atomic E-state index is -4.53. The first-order valence-electron chi connectivity index (χ1n) is 8.72. The molecule has 1 amide bonds. The highest BCUT2D eigenvalue weighted by Crippen LogP contribution is 2.29. The highest BCUT2D eigenvalue weighted by Gasteiger charge is 2.30. The van der Waals surface area contributed by atoms with E-state index in [9.17, 15) is 22.8 Å². The Hall–Kier alpha value is -3.43. The van der Waals surface area contributed by atoms with Gasteiger partial charge in [-0.05, 0) is 44.2 Å². The molecule has 0 spiro atoms. The molecule has 2 heterocycles. The first kappa shape index (κ1) is 20.3. The highest BCUT2D eigenvalue weighted by atomic mass is 19.4. The lowest BCUT2D eigenvalue weighted by Crippen LogP contribution is -2.32. The number of aromatic nitrogens is 4. The molecule has 0 saturated heterocycles. The summed E-state index contributed by atoms with van der Waals surface area (Å²) in [6, 6.07) is 8.88. The summed E-state index contributed by atoms with van der Waals surface area (Å²) in [6.45, 7) is 3.76. The van der Waals surface area contributed by atoms with Crippen LogP contribution < -0.4 is 10.9 Å². The van der Waals surface area contributed by atoms with Gasteiger partial charge in [-0.3, -0.25) is 9.59 Å². The van der Waals surface area contributed by atoms with Crippen molar-refractivity contribution in [2.75, 3.05) is 6.54 Å². The molecule has 10 heteroatoms. The van der Waals surface area contributed by atoms with Crippen molar-refractivity contribution in [2.24, 2.45) is 0 Å². The van der Waals surface area contributed by atoms with Crippen LogP contribution in [0.4, 0.5) is 13.2 Å². The van der Waals surface area contributed by atoms with Crippen LogP contribution in [0.15, 0.2) is 47.3 Å². The van der Waals surface area contributed by atoms with E-state index < -0.39 is 17.6 Å². The Kier molecular flexibility index (Phi) is 5.53. The molecule has 1 aromatic carbocycles. The molecule has 0 aliphatic carbocycles. The minimum Gasteiger partial charge on any atom is -0.350 e. The van der Waals surface area contributed by atoms with Gasteiger partial charge in [0.25, 0.3) is 11.5 Å². The molecular formula is C19H18F3N5O2. The molecule has 0 bridgehead atoms. The maximum absolute atomic E-state index is 12.8. The minimum absolute atomic E-state index is 0.0164. The van der Waals surface area contributed by atoms with Gasteiger partial charge in [0.1, 0.15) is 0 Å². The van der Waals surface area contributed by atoms with Gasteiger partial charge < -0.3 is 5.32 Å². The number of nitrogens with zero attached hydrogens (tertiary/aromatic N) is 4. The molecule has 3 rings (SSSR count). The van der Waals surface area contributed by atoms with Gasteiger partial charge in [0, 0.05) is 23.9 Å². The first-order valence-corrected chi connectivity index (χ1v) is 8.72. The maximum atomic E-state index is 12.8. The van der Waals surface area contributed by atoms with E-state index in [0.717, 1.165) is 28.2 Å². The number of halogens is 3. The van der Waals surface area contributed by atoms with Crippen molar-refractivity contribution in [1.29, 1.82) is 0 Å². The Morgan fingerprint density at radius 2 is 1.86 bits per heavy atom. The van der Waals surface area contributed by atoms with Crippen LogP contribution in [-0.2, 0) is 12.7 Å². The molecule has 3 aromatic rings. The molecule has 29 heavy (non-hydrogen) atoms. The Balaban J connectivity index is 1.69. The molecule has 0 aliphatic heterocycles. The first-order chi connectivity index (χ1) is 13.6. The van der Waals surface area contributed by atoms with Crippen LogP contribution in [0.25, 0.3) is 5.82 Å². The van der Waals surface area contributed by atoms with Gasteiger partial charge >= 0.3 is 6.18 Å². The largest absolute Gasteiger partial charge is 0.416 e. The second kappa shape index (κ2) is 7.90. The van der Waals surface area contributed by atoms with E-state index in [1.54, 1.807) is 10.7 Å². The quantitative estimate of drug-likeness (QED) is 0.707. The van der Waals surface area contributed by atoms with Gasteiger partial charge in [0.2, 0.25) is 0 Å². The van der Waals surface area contributed by atoms with Crippen molar-refractivity contribution in [3.8, 4) is 5.82 Å². The monoisotopic (exact) mass is 405 g/mol. The van der Waals surface area contributed by atoms with Crippen LogP contribution in [0.1, 0.15) is 27.3 Å². The second-order valence-electron chi connectivity index (χ2n) is 6.43. The summed E-state index contributed by atoms with van der Waals surface area (Å²) >= 11 is 0. The van der Waals surface area contributed by atoms with Crippen LogP contribution in [0.3, 0.4) is 0 Å². The number of carbonyl (C=O) groups is 1. The lowest BCUT2D eigenvalue weighted by atomic mass is 10.1. The molecule has 7 nitrogen and oxygen atoms in total. The fourth-order valence-electron chi connectivity index (χ4n) is 2.79. The molecule has 0 atom stereocenters. The standard InChI is InChI=1S/C19H18F3N5O2/c1-12-10-13(2)27(24-12)16-6-7-17(28)26(25-16)9-8-23-18(29)14-4-3-5-15(11-14)19(20,21)22/h3-7,10-11H,8-9H2,1-2H3,(H,23,29). The highest BCUT2D eigenvalue weighted by molar-refractivity contribution is 5.94. The van der Waals surface area contributed by atoms with Crippen molar-refractivity contribution >= 4 is 5.91 Å². The molecule has 0 fully saturated rings. The normalized spacial score (nSPS) is 11.5. The summed E-state index contributed by atoms with van der Waals surface area (Å²) < 4.78 is 41.1. The van der Waals surface area contributed by atoms with Crippen molar-refractivity contribution in [3.63, 3.8) is 0 Å². The summed E-state index contributed by atoms with van der Waals surface area (Å²) in [5, 5.41) is 11.0. The van der Waals surface area contributed by atoms with E-state index in [0.29, 0.717) is 5.82 Å². The maximum Gasteiger partial charge on any atom is 0.416 e. The third-order valence-corrected chi connectivity index (χ3v) is 4.14. The fourth-order valence-corrected chi connectivity index (χ4v) is 2.79. The Morgan fingerprint density at radius 1 is 1.10 bits per heavy atom. The summed E-state index contributed by atoms with van der Waals surface area (Å²) in [5.41, 5.74) is 0.259. The number of carbonyl (C=O) groups excluding carboxylic acids is 1. The number of hydrogen-bond acceptors (Lipinski definition) is 4.